The lowest BCUT2D eigenvalue weighted by Crippen LogP contribution is -2.23. The Morgan fingerprint density at radius 3 is 2.93 bits per heavy atom. The molecule has 0 aliphatic carbocycles. The van der Waals surface area contributed by atoms with Crippen LogP contribution in [0, 0.1) is 0 Å². The quantitative estimate of drug-likeness (QED) is 0.759. The van der Waals surface area contributed by atoms with Crippen LogP contribution in [0.5, 0.6) is 5.75 Å². The third-order valence-electron chi connectivity index (χ3n) is 1.95. The second kappa shape index (κ2) is 3.94. The van der Waals surface area contributed by atoms with Crippen molar-refractivity contribution in [1.29, 1.82) is 0 Å². The van der Waals surface area contributed by atoms with Gasteiger partial charge in [0.05, 0.1) is 10.9 Å². The van der Waals surface area contributed by atoms with Crippen LogP contribution in [0.3, 0.4) is 0 Å². The van der Waals surface area contributed by atoms with Crippen molar-refractivity contribution < 1.29 is 9.90 Å². The number of thioether (sulfide) groups is 1. The van der Waals surface area contributed by atoms with Gasteiger partial charge in [0.25, 0.3) is 0 Å². The second-order valence-corrected chi connectivity index (χ2v) is 4.52. The fourth-order valence-corrected chi connectivity index (χ4v) is 2.01. The number of phenolic OH excluding ortho intramolecular Hbond substituents is 1. The van der Waals surface area contributed by atoms with Crippen molar-refractivity contribution in [2.45, 2.75) is 12.2 Å². The van der Waals surface area contributed by atoms with Crippen molar-refractivity contribution in [3.05, 3.63) is 24.3 Å². The summed E-state index contributed by atoms with van der Waals surface area (Å²) in [4.78, 5) is 15.4. The Balaban J connectivity index is 2.21. The molecule has 15 heavy (non-hydrogen) atoms. The van der Waals surface area contributed by atoms with E-state index < -0.39 is 0 Å². The maximum atomic E-state index is 11.2. The average molecular weight is 222 g/mol. The van der Waals surface area contributed by atoms with E-state index >= 15 is 0 Å². The van der Waals surface area contributed by atoms with Crippen molar-refractivity contribution in [3.8, 4) is 5.75 Å². The molecule has 0 bridgehead atoms. The monoisotopic (exact) mass is 222 g/mol. The molecule has 1 saturated heterocycles. The van der Waals surface area contributed by atoms with Gasteiger partial charge in [0.2, 0.25) is 5.91 Å². The summed E-state index contributed by atoms with van der Waals surface area (Å²) in [6.07, 6.45) is 0. The van der Waals surface area contributed by atoms with Gasteiger partial charge in [-0.2, -0.15) is 0 Å². The first kappa shape index (κ1) is 10.0. The Bertz CT molecular complexity index is 431. The molecule has 4 nitrogen and oxygen atoms in total. The number of aromatic hydroxyl groups is 1. The number of amides is 1. The van der Waals surface area contributed by atoms with Gasteiger partial charge in [0.1, 0.15) is 5.75 Å². The Kier molecular flexibility index (Phi) is 2.64. The van der Waals surface area contributed by atoms with Gasteiger partial charge in [-0.1, -0.05) is 17.8 Å². The lowest BCUT2D eigenvalue weighted by atomic mass is 10.3. The molecule has 1 amide bonds. The molecule has 1 atom stereocenters. The Morgan fingerprint density at radius 1 is 1.53 bits per heavy atom. The highest BCUT2D eigenvalue weighted by atomic mass is 32.2. The summed E-state index contributed by atoms with van der Waals surface area (Å²) in [7, 11) is 0. The summed E-state index contributed by atoms with van der Waals surface area (Å²) < 4.78 is 0. The maximum Gasteiger partial charge on any atom is 0.239 e. The van der Waals surface area contributed by atoms with Crippen LogP contribution < -0.4 is 5.32 Å². The van der Waals surface area contributed by atoms with Gasteiger partial charge in [0.15, 0.2) is 5.17 Å². The van der Waals surface area contributed by atoms with Crippen LogP contribution in [-0.4, -0.2) is 21.4 Å². The summed E-state index contributed by atoms with van der Waals surface area (Å²) in [6.45, 7) is 1.82. The van der Waals surface area contributed by atoms with E-state index in [0.29, 0.717) is 10.9 Å². The summed E-state index contributed by atoms with van der Waals surface area (Å²) in [5.41, 5.74) is 0.631. The maximum absolute atomic E-state index is 11.2. The first-order valence-corrected chi connectivity index (χ1v) is 5.38. The molecule has 0 aromatic heterocycles. The van der Waals surface area contributed by atoms with Crippen LogP contribution in [0.2, 0.25) is 0 Å². The summed E-state index contributed by atoms with van der Waals surface area (Å²) in [5.74, 6) is 0.137. The van der Waals surface area contributed by atoms with Crippen molar-refractivity contribution in [2.75, 3.05) is 0 Å². The van der Waals surface area contributed by atoms with Gasteiger partial charge in [-0.25, -0.2) is 4.99 Å². The minimum atomic E-state index is -0.0962. The number of amidine groups is 1. The van der Waals surface area contributed by atoms with E-state index in [1.54, 1.807) is 24.3 Å². The molecule has 78 valence electrons. The lowest BCUT2D eigenvalue weighted by molar-refractivity contribution is -0.118. The van der Waals surface area contributed by atoms with Gasteiger partial charge in [-0.05, 0) is 19.1 Å². The SMILES string of the molecule is C[C@H]1SC(=Nc2cccc(O)c2)NC1=O. The molecular weight excluding hydrogens is 212 g/mol. The second-order valence-electron chi connectivity index (χ2n) is 3.19. The molecule has 1 aromatic carbocycles. The molecule has 0 unspecified atom stereocenters. The van der Waals surface area contributed by atoms with Crippen LogP contribution in [0.25, 0.3) is 0 Å². The fourth-order valence-electron chi connectivity index (χ4n) is 1.19. The number of rotatable bonds is 1. The molecule has 0 saturated carbocycles. The van der Waals surface area contributed by atoms with Crippen molar-refractivity contribution in [1.82, 2.24) is 5.32 Å². The zero-order valence-corrected chi connectivity index (χ0v) is 8.91. The topological polar surface area (TPSA) is 61.7 Å². The molecule has 0 spiro atoms. The number of carbonyl (C=O) groups is 1. The number of nitrogens with zero attached hydrogens (tertiary/aromatic N) is 1. The summed E-state index contributed by atoms with van der Waals surface area (Å²) >= 11 is 1.38. The van der Waals surface area contributed by atoms with Gasteiger partial charge < -0.3 is 10.4 Å². The molecule has 5 heteroatoms. The molecule has 1 fully saturated rings. The highest BCUT2D eigenvalue weighted by Crippen LogP contribution is 2.24. The molecule has 1 aliphatic rings. The standard InChI is InChI=1S/C10H10N2O2S/c1-6-9(14)12-10(15-6)11-7-3-2-4-8(13)5-7/h2-6,13H,1H3,(H,11,12,14)/t6-/m1/s1. The van der Waals surface area contributed by atoms with E-state index in [2.05, 4.69) is 10.3 Å². The first-order valence-electron chi connectivity index (χ1n) is 4.50. The smallest absolute Gasteiger partial charge is 0.239 e. The normalized spacial score (nSPS) is 23.1. The third kappa shape index (κ3) is 2.30. The zero-order chi connectivity index (χ0) is 10.8. The predicted molar refractivity (Wildman–Crippen MR) is 60.4 cm³/mol. The largest absolute Gasteiger partial charge is 0.508 e. The van der Waals surface area contributed by atoms with E-state index in [4.69, 9.17) is 0 Å². The summed E-state index contributed by atoms with van der Waals surface area (Å²) in [6, 6.07) is 6.59. The molecule has 2 rings (SSSR count). The molecule has 1 heterocycles. The van der Waals surface area contributed by atoms with Crippen molar-refractivity contribution in [3.63, 3.8) is 0 Å². The van der Waals surface area contributed by atoms with Gasteiger partial charge >= 0.3 is 0 Å². The number of benzene rings is 1. The van der Waals surface area contributed by atoms with Crippen LogP contribution in [0.1, 0.15) is 6.92 Å². The molecule has 1 aliphatic heterocycles. The molecule has 2 N–H and O–H groups in total. The number of nitrogens with one attached hydrogen (secondary N) is 1. The number of hydrogen-bond donors (Lipinski definition) is 2. The van der Waals surface area contributed by atoms with E-state index in [-0.39, 0.29) is 16.9 Å². The lowest BCUT2D eigenvalue weighted by Gasteiger charge is -1.97. The van der Waals surface area contributed by atoms with Crippen LogP contribution in [-0.2, 0) is 4.79 Å². The minimum absolute atomic E-state index is 0.0288. The minimum Gasteiger partial charge on any atom is -0.508 e. The highest BCUT2D eigenvalue weighted by molar-refractivity contribution is 8.15. The van der Waals surface area contributed by atoms with Crippen LogP contribution >= 0.6 is 11.8 Å². The van der Waals surface area contributed by atoms with E-state index in [0.717, 1.165) is 0 Å². The number of hydrogen-bond acceptors (Lipinski definition) is 4. The fraction of sp³-hybridized carbons (Fsp3) is 0.200. The third-order valence-corrected chi connectivity index (χ3v) is 2.93. The van der Waals surface area contributed by atoms with E-state index in [1.807, 2.05) is 6.92 Å². The molecule has 1 aromatic rings. The van der Waals surface area contributed by atoms with Crippen LogP contribution in [0.15, 0.2) is 29.3 Å². The molecular formula is C10H10N2O2S. The van der Waals surface area contributed by atoms with Gasteiger partial charge in [-0.3, -0.25) is 4.79 Å². The molecule has 0 radical (unpaired) electrons. The van der Waals surface area contributed by atoms with Gasteiger partial charge in [0, 0.05) is 6.07 Å². The Morgan fingerprint density at radius 2 is 2.33 bits per heavy atom. The van der Waals surface area contributed by atoms with Gasteiger partial charge in [-0.15, -0.1) is 0 Å². The Hall–Kier alpha value is -1.49. The average Bonchev–Trinajstić information content (AvgIpc) is 2.45. The van der Waals surface area contributed by atoms with Crippen molar-refractivity contribution in [2.24, 2.45) is 4.99 Å². The number of aliphatic imine (C=N–C) groups is 1. The predicted octanol–water partition coefficient (Wildman–Crippen LogP) is 1.63. The van der Waals surface area contributed by atoms with E-state index in [1.165, 1.54) is 11.8 Å². The summed E-state index contributed by atoms with van der Waals surface area (Å²) in [5, 5.41) is 12.4. The first-order chi connectivity index (χ1) is 7.15. The van der Waals surface area contributed by atoms with Crippen LogP contribution in [0.4, 0.5) is 5.69 Å². The van der Waals surface area contributed by atoms with Crippen molar-refractivity contribution >= 4 is 28.5 Å². The zero-order valence-electron chi connectivity index (χ0n) is 8.10. The number of carbonyl (C=O) groups excluding carboxylic acids is 1. The van der Waals surface area contributed by atoms with E-state index in [9.17, 15) is 9.90 Å². The Labute approximate surface area is 91.4 Å². The number of phenols is 1. The highest BCUT2D eigenvalue weighted by Gasteiger charge is 2.25.